The highest BCUT2D eigenvalue weighted by Gasteiger charge is 2.71. The van der Waals surface area contributed by atoms with Gasteiger partial charge < -0.3 is 4.90 Å². The monoisotopic (exact) mass is 371 g/mol. The maximum atomic E-state index is 13.4. The van der Waals surface area contributed by atoms with Crippen molar-refractivity contribution in [3.63, 3.8) is 0 Å². The van der Waals surface area contributed by atoms with Crippen molar-refractivity contribution < 1.29 is 8.78 Å². The van der Waals surface area contributed by atoms with Gasteiger partial charge >= 0.3 is 0 Å². The summed E-state index contributed by atoms with van der Waals surface area (Å²) >= 11 is 0. The minimum absolute atomic E-state index is 0.211. The molecule has 27 heavy (non-hydrogen) atoms. The van der Waals surface area contributed by atoms with Crippen LogP contribution in [0.5, 0.6) is 0 Å². The Bertz CT molecular complexity index is 1110. The number of fused-ring (bicyclic) bond motifs is 2. The molecule has 0 spiro atoms. The van der Waals surface area contributed by atoms with Gasteiger partial charge in [0.2, 0.25) is 5.95 Å². The molecule has 0 radical (unpaired) electrons. The predicted octanol–water partition coefficient (Wildman–Crippen LogP) is 2.74. The van der Waals surface area contributed by atoms with Gasteiger partial charge in [0.25, 0.3) is 11.5 Å². The van der Waals surface area contributed by atoms with Gasteiger partial charge in [-0.3, -0.25) is 9.78 Å². The van der Waals surface area contributed by atoms with E-state index in [1.54, 1.807) is 15.8 Å². The van der Waals surface area contributed by atoms with Crippen LogP contribution in [0.3, 0.4) is 0 Å². The number of H-pyrrole nitrogens is 1. The normalized spacial score (nSPS) is 23.1. The highest BCUT2D eigenvalue weighted by molar-refractivity contribution is 5.75. The Hall–Kier alpha value is -2.77. The van der Waals surface area contributed by atoms with Gasteiger partial charge in [0.05, 0.1) is 17.5 Å². The highest BCUT2D eigenvalue weighted by atomic mass is 19.3. The van der Waals surface area contributed by atoms with Gasteiger partial charge in [-0.05, 0) is 31.9 Å². The van der Waals surface area contributed by atoms with Gasteiger partial charge in [-0.1, -0.05) is 17.7 Å². The molecule has 0 bridgehead atoms. The maximum absolute atomic E-state index is 13.4. The topological polar surface area (TPSA) is 66.8 Å². The second-order valence-electron chi connectivity index (χ2n) is 7.74. The van der Waals surface area contributed by atoms with Crippen LogP contribution in [0.4, 0.5) is 14.7 Å². The van der Waals surface area contributed by atoms with Crippen LogP contribution >= 0.6 is 0 Å². The Morgan fingerprint density at radius 1 is 1.15 bits per heavy atom. The first-order chi connectivity index (χ1) is 12.8. The lowest BCUT2D eigenvalue weighted by Gasteiger charge is -2.19. The number of nitrogens with zero attached hydrogens (tertiary/aromatic N) is 4. The average Bonchev–Trinajstić information content (AvgIpc) is 3.00. The van der Waals surface area contributed by atoms with E-state index in [1.807, 2.05) is 20.8 Å². The fraction of sp³-hybridized carbons (Fsp3) is 0.421. The summed E-state index contributed by atoms with van der Waals surface area (Å²) < 4.78 is 28.5. The lowest BCUT2D eigenvalue weighted by molar-refractivity contribution is 0.0796. The number of aromatic nitrogens is 4. The number of piperidine rings is 1. The molecular formula is C19H19F2N5O. The highest BCUT2D eigenvalue weighted by Crippen LogP contribution is 2.59. The molecule has 1 aliphatic heterocycles. The molecule has 1 aromatic carbocycles. The summed E-state index contributed by atoms with van der Waals surface area (Å²) in [5, 5.41) is 4.88. The number of alkyl halides is 2. The number of halogens is 2. The second kappa shape index (κ2) is 5.15. The molecular weight excluding hydrogens is 352 g/mol. The Morgan fingerprint density at radius 3 is 2.41 bits per heavy atom. The van der Waals surface area contributed by atoms with E-state index in [0.717, 1.165) is 22.4 Å². The molecule has 1 aliphatic carbocycles. The number of anilines is 1. The smallest absolute Gasteiger partial charge is 0.263 e. The van der Waals surface area contributed by atoms with Gasteiger partial charge in [-0.25, -0.2) is 13.5 Å². The van der Waals surface area contributed by atoms with Gasteiger partial charge in [-0.15, -0.1) is 5.10 Å². The largest absolute Gasteiger partial charge is 0.341 e. The van der Waals surface area contributed by atoms with Crippen LogP contribution in [0.1, 0.15) is 16.7 Å². The molecule has 1 saturated carbocycles. The van der Waals surface area contributed by atoms with E-state index in [0.29, 0.717) is 17.0 Å². The molecule has 3 heterocycles. The van der Waals surface area contributed by atoms with Crippen LogP contribution in [-0.2, 0) is 0 Å². The minimum atomic E-state index is -2.57. The van der Waals surface area contributed by atoms with Crippen molar-refractivity contribution in [1.29, 1.82) is 0 Å². The molecule has 2 unspecified atom stereocenters. The van der Waals surface area contributed by atoms with E-state index in [2.05, 4.69) is 27.2 Å². The summed E-state index contributed by atoms with van der Waals surface area (Å²) in [6, 6.07) is 4.13. The zero-order valence-corrected chi connectivity index (χ0v) is 15.3. The second-order valence-corrected chi connectivity index (χ2v) is 7.74. The number of aryl methyl sites for hydroxylation is 3. The molecule has 2 fully saturated rings. The van der Waals surface area contributed by atoms with Crippen LogP contribution in [0.15, 0.2) is 23.1 Å². The summed E-state index contributed by atoms with van der Waals surface area (Å²) in [6.45, 7) is 6.46. The molecule has 1 saturated heterocycles. The van der Waals surface area contributed by atoms with Crippen molar-refractivity contribution in [2.45, 2.75) is 26.7 Å². The third kappa shape index (κ3) is 2.32. The summed E-state index contributed by atoms with van der Waals surface area (Å²) in [6.07, 6.45) is 1.67. The lowest BCUT2D eigenvalue weighted by atomic mass is 10.1. The molecule has 140 valence electrons. The predicted molar refractivity (Wildman–Crippen MR) is 97.8 cm³/mol. The Balaban J connectivity index is 1.56. The number of benzene rings is 1. The first-order valence-electron chi connectivity index (χ1n) is 8.96. The molecule has 8 heteroatoms. The summed E-state index contributed by atoms with van der Waals surface area (Å²) in [7, 11) is 0. The van der Waals surface area contributed by atoms with E-state index in [4.69, 9.17) is 0 Å². The Labute approximate surface area is 153 Å². The number of rotatable bonds is 2. The van der Waals surface area contributed by atoms with E-state index in [1.165, 1.54) is 0 Å². The molecule has 6 nitrogen and oxygen atoms in total. The van der Waals surface area contributed by atoms with Crippen molar-refractivity contribution >= 4 is 17.0 Å². The zero-order chi connectivity index (χ0) is 19.1. The van der Waals surface area contributed by atoms with Gasteiger partial charge in [0, 0.05) is 19.3 Å². The molecule has 1 N–H and O–H groups in total. The number of hydrogen-bond acceptors (Lipinski definition) is 4. The third-order valence-corrected chi connectivity index (χ3v) is 5.74. The molecule has 0 amide bonds. The van der Waals surface area contributed by atoms with Gasteiger partial charge in [0.15, 0.2) is 5.65 Å². The third-order valence-electron chi connectivity index (χ3n) is 5.74. The van der Waals surface area contributed by atoms with E-state index < -0.39 is 17.8 Å². The molecule has 2 aromatic heterocycles. The summed E-state index contributed by atoms with van der Waals surface area (Å²) in [4.78, 5) is 21.4. The van der Waals surface area contributed by atoms with Crippen LogP contribution < -0.4 is 10.5 Å². The van der Waals surface area contributed by atoms with Crippen LogP contribution in [0.25, 0.3) is 16.7 Å². The Morgan fingerprint density at radius 2 is 1.78 bits per heavy atom. The van der Waals surface area contributed by atoms with Crippen molar-refractivity contribution in [2.75, 3.05) is 18.0 Å². The van der Waals surface area contributed by atoms with Crippen LogP contribution in [-0.4, -0.2) is 38.8 Å². The van der Waals surface area contributed by atoms with Crippen LogP contribution in [0, 0.1) is 32.6 Å². The first kappa shape index (κ1) is 16.4. The van der Waals surface area contributed by atoms with Crippen LogP contribution in [0.2, 0.25) is 0 Å². The van der Waals surface area contributed by atoms with E-state index in [9.17, 15) is 13.6 Å². The van der Waals surface area contributed by atoms with Crippen molar-refractivity contribution in [3.8, 4) is 5.69 Å². The molecule has 2 aliphatic rings. The first-order valence-corrected chi connectivity index (χ1v) is 8.96. The standard InChI is InChI=1S/C19H19F2N5O/c1-9-4-10(2)15(11(3)5-9)26-6-12-16(24-26)22-18(23-17(12)27)25-7-13-14(8-25)19(13,20)21/h4-6,13-14H,7-8H2,1-3H3,(H,22,23,24,27). The number of hydrogen-bond donors (Lipinski definition) is 1. The van der Waals surface area contributed by atoms with Crippen molar-refractivity contribution in [3.05, 3.63) is 45.4 Å². The van der Waals surface area contributed by atoms with Crippen molar-refractivity contribution in [2.24, 2.45) is 11.8 Å². The Kier molecular flexibility index (Phi) is 3.13. The fourth-order valence-corrected chi connectivity index (χ4v) is 4.38. The van der Waals surface area contributed by atoms with Gasteiger partial charge in [0.1, 0.15) is 5.39 Å². The van der Waals surface area contributed by atoms with E-state index in [-0.39, 0.29) is 18.6 Å². The summed E-state index contributed by atoms with van der Waals surface area (Å²) in [5.74, 6) is -3.51. The lowest BCUT2D eigenvalue weighted by Crippen LogP contribution is -2.30. The van der Waals surface area contributed by atoms with Crippen molar-refractivity contribution in [1.82, 2.24) is 19.7 Å². The number of aromatic amines is 1. The fourth-order valence-electron chi connectivity index (χ4n) is 4.38. The number of nitrogens with one attached hydrogen (secondary N) is 1. The quantitative estimate of drug-likeness (QED) is 0.752. The maximum Gasteiger partial charge on any atom is 0.263 e. The minimum Gasteiger partial charge on any atom is -0.341 e. The summed E-state index contributed by atoms with van der Waals surface area (Å²) in [5.41, 5.74) is 4.20. The average molecular weight is 371 g/mol. The molecule has 3 aromatic rings. The zero-order valence-electron chi connectivity index (χ0n) is 15.3. The van der Waals surface area contributed by atoms with Gasteiger partial charge in [-0.2, -0.15) is 4.98 Å². The molecule has 5 rings (SSSR count). The van der Waals surface area contributed by atoms with E-state index >= 15 is 0 Å². The SMILES string of the molecule is Cc1cc(C)c(-n2cc3c(=O)[nH]c(N4CC5C(C4)C5(F)F)nc3n2)c(C)c1. The molecule has 2 atom stereocenters.